The fourth-order valence-electron chi connectivity index (χ4n) is 3.62. The third-order valence-corrected chi connectivity index (χ3v) is 5.65. The molecule has 2 aliphatic rings. The van der Waals surface area contributed by atoms with Crippen molar-refractivity contribution in [1.82, 2.24) is 4.90 Å². The third kappa shape index (κ3) is 2.99. The lowest BCUT2D eigenvalue weighted by molar-refractivity contribution is 0.0119. The number of likely N-dealkylation sites (tertiary alicyclic amines) is 1. The highest BCUT2D eigenvalue weighted by molar-refractivity contribution is 7.99. The van der Waals surface area contributed by atoms with Gasteiger partial charge >= 0.3 is 0 Å². The van der Waals surface area contributed by atoms with Crippen LogP contribution in [0.4, 0.5) is 0 Å². The van der Waals surface area contributed by atoms with Crippen molar-refractivity contribution in [2.24, 2.45) is 5.73 Å². The van der Waals surface area contributed by atoms with E-state index in [0.29, 0.717) is 5.54 Å². The summed E-state index contributed by atoms with van der Waals surface area (Å²) in [6.45, 7) is 4.49. The summed E-state index contributed by atoms with van der Waals surface area (Å²) in [7, 11) is 0. The average Bonchev–Trinajstić information content (AvgIpc) is 2.40. The van der Waals surface area contributed by atoms with E-state index in [1.165, 1.54) is 63.0 Å². The third-order valence-electron chi connectivity index (χ3n) is 4.66. The number of nitrogens with zero attached hydrogens (tertiary/aromatic N) is 1. The molecule has 2 fully saturated rings. The van der Waals surface area contributed by atoms with Crippen LogP contribution in [-0.4, -0.2) is 41.1 Å². The van der Waals surface area contributed by atoms with Crippen molar-refractivity contribution in [1.29, 1.82) is 0 Å². The Morgan fingerprint density at radius 3 is 2.71 bits per heavy atom. The van der Waals surface area contributed by atoms with Gasteiger partial charge in [0.15, 0.2) is 0 Å². The first-order valence-corrected chi connectivity index (χ1v) is 8.52. The van der Waals surface area contributed by atoms with E-state index in [4.69, 9.17) is 5.73 Å². The Hall–Kier alpha value is 0.270. The van der Waals surface area contributed by atoms with E-state index in [0.717, 1.165) is 12.6 Å². The minimum atomic E-state index is 0.353. The zero-order valence-corrected chi connectivity index (χ0v) is 12.1. The number of hydrogen-bond acceptors (Lipinski definition) is 3. The first kappa shape index (κ1) is 13.7. The van der Waals surface area contributed by atoms with Crippen LogP contribution in [0.5, 0.6) is 0 Å². The largest absolute Gasteiger partial charge is 0.329 e. The molecule has 1 atom stereocenters. The van der Waals surface area contributed by atoms with E-state index in [2.05, 4.69) is 23.6 Å². The molecule has 2 nitrogen and oxygen atoms in total. The summed E-state index contributed by atoms with van der Waals surface area (Å²) in [6.07, 6.45) is 9.53. The highest BCUT2D eigenvalue weighted by Gasteiger charge is 2.40. The van der Waals surface area contributed by atoms with Gasteiger partial charge in [-0.05, 0) is 50.2 Å². The lowest BCUT2D eigenvalue weighted by Crippen LogP contribution is -2.60. The Bertz CT molecular complexity index is 224. The van der Waals surface area contributed by atoms with E-state index >= 15 is 0 Å². The molecule has 0 radical (unpaired) electrons. The quantitative estimate of drug-likeness (QED) is 0.838. The molecular weight excluding hydrogens is 228 g/mol. The maximum atomic E-state index is 6.18. The SMILES string of the molecule is CCCC1CCCCN1C1(CN)CCSCC1. The standard InChI is InChI=1S/C14H28N2S/c1-2-5-13-6-3-4-9-16(13)14(12-15)7-10-17-11-8-14/h13H,2-12,15H2,1H3. The predicted molar refractivity (Wildman–Crippen MR) is 77.6 cm³/mol. The monoisotopic (exact) mass is 256 g/mol. The molecule has 0 aromatic carbocycles. The second-order valence-corrected chi connectivity index (χ2v) is 6.90. The molecule has 0 aromatic heterocycles. The molecule has 2 saturated heterocycles. The molecule has 2 N–H and O–H groups in total. The van der Waals surface area contributed by atoms with Crippen LogP contribution in [0.15, 0.2) is 0 Å². The van der Waals surface area contributed by atoms with Gasteiger partial charge in [-0.15, -0.1) is 0 Å². The Labute approximate surface area is 111 Å². The zero-order valence-electron chi connectivity index (χ0n) is 11.3. The zero-order chi connectivity index (χ0) is 12.1. The number of rotatable bonds is 4. The van der Waals surface area contributed by atoms with Gasteiger partial charge in [0.1, 0.15) is 0 Å². The molecule has 2 heterocycles. The molecule has 100 valence electrons. The van der Waals surface area contributed by atoms with E-state index in [1.54, 1.807) is 0 Å². The van der Waals surface area contributed by atoms with Crippen molar-refractivity contribution < 1.29 is 0 Å². The molecule has 0 aliphatic carbocycles. The lowest BCUT2D eigenvalue weighted by atomic mass is 9.84. The molecule has 0 spiro atoms. The van der Waals surface area contributed by atoms with E-state index in [1.807, 2.05) is 0 Å². The van der Waals surface area contributed by atoms with Crippen LogP contribution in [0.25, 0.3) is 0 Å². The minimum absolute atomic E-state index is 0.353. The van der Waals surface area contributed by atoms with Crippen molar-refractivity contribution in [3.63, 3.8) is 0 Å². The Balaban J connectivity index is 2.09. The molecular formula is C14H28N2S. The summed E-state index contributed by atoms with van der Waals surface area (Å²) >= 11 is 2.11. The van der Waals surface area contributed by atoms with Crippen LogP contribution in [0.1, 0.15) is 51.9 Å². The van der Waals surface area contributed by atoms with Gasteiger partial charge in [-0.3, -0.25) is 4.90 Å². The van der Waals surface area contributed by atoms with Gasteiger partial charge in [0.25, 0.3) is 0 Å². The van der Waals surface area contributed by atoms with Gasteiger partial charge in [0, 0.05) is 18.1 Å². The van der Waals surface area contributed by atoms with E-state index in [-0.39, 0.29) is 0 Å². The topological polar surface area (TPSA) is 29.3 Å². The fourth-order valence-corrected chi connectivity index (χ4v) is 4.87. The normalized spacial score (nSPS) is 30.4. The van der Waals surface area contributed by atoms with Gasteiger partial charge in [-0.25, -0.2) is 0 Å². The summed E-state index contributed by atoms with van der Waals surface area (Å²) in [6, 6.07) is 0.820. The second kappa shape index (κ2) is 6.44. The molecule has 2 rings (SSSR count). The van der Waals surface area contributed by atoms with Crippen molar-refractivity contribution in [2.75, 3.05) is 24.6 Å². The average molecular weight is 256 g/mol. The molecule has 0 saturated carbocycles. The minimum Gasteiger partial charge on any atom is -0.329 e. The fraction of sp³-hybridized carbons (Fsp3) is 1.00. The lowest BCUT2D eigenvalue weighted by Gasteiger charge is -2.51. The van der Waals surface area contributed by atoms with Crippen LogP contribution >= 0.6 is 11.8 Å². The van der Waals surface area contributed by atoms with E-state index < -0.39 is 0 Å². The van der Waals surface area contributed by atoms with E-state index in [9.17, 15) is 0 Å². The molecule has 2 aliphatic heterocycles. The maximum Gasteiger partial charge on any atom is 0.0350 e. The molecule has 0 bridgehead atoms. The number of piperidine rings is 1. The molecule has 17 heavy (non-hydrogen) atoms. The molecule has 0 amide bonds. The second-order valence-electron chi connectivity index (χ2n) is 5.67. The molecule has 3 heteroatoms. The van der Waals surface area contributed by atoms with Crippen molar-refractivity contribution >= 4 is 11.8 Å². The van der Waals surface area contributed by atoms with Crippen LogP contribution in [0.3, 0.4) is 0 Å². The summed E-state index contributed by atoms with van der Waals surface area (Å²) in [5.41, 5.74) is 6.53. The first-order chi connectivity index (χ1) is 8.32. The number of nitrogens with two attached hydrogens (primary N) is 1. The summed E-state index contributed by atoms with van der Waals surface area (Å²) in [5, 5.41) is 0. The Morgan fingerprint density at radius 2 is 2.06 bits per heavy atom. The summed E-state index contributed by atoms with van der Waals surface area (Å²) in [5.74, 6) is 2.62. The van der Waals surface area contributed by atoms with Gasteiger partial charge in [-0.1, -0.05) is 19.8 Å². The van der Waals surface area contributed by atoms with Gasteiger partial charge in [-0.2, -0.15) is 11.8 Å². The highest BCUT2D eigenvalue weighted by Crippen LogP contribution is 2.37. The molecule has 1 unspecified atom stereocenters. The van der Waals surface area contributed by atoms with Crippen LogP contribution in [0, 0.1) is 0 Å². The summed E-state index contributed by atoms with van der Waals surface area (Å²) in [4.78, 5) is 2.82. The van der Waals surface area contributed by atoms with Crippen LogP contribution in [0.2, 0.25) is 0 Å². The predicted octanol–water partition coefficient (Wildman–Crippen LogP) is 2.87. The van der Waals surface area contributed by atoms with Gasteiger partial charge < -0.3 is 5.73 Å². The van der Waals surface area contributed by atoms with Gasteiger partial charge in [0.05, 0.1) is 0 Å². The number of hydrogen-bond donors (Lipinski definition) is 1. The van der Waals surface area contributed by atoms with Crippen molar-refractivity contribution in [2.45, 2.75) is 63.5 Å². The highest BCUT2D eigenvalue weighted by atomic mass is 32.2. The van der Waals surface area contributed by atoms with Crippen LogP contribution in [-0.2, 0) is 0 Å². The molecule has 0 aromatic rings. The number of thioether (sulfide) groups is 1. The summed E-state index contributed by atoms with van der Waals surface area (Å²) < 4.78 is 0. The van der Waals surface area contributed by atoms with Gasteiger partial charge in [0.2, 0.25) is 0 Å². The maximum absolute atomic E-state index is 6.18. The Morgan fingerprint density at radius 1 is 1.29 bits per heavy atom. The Kier molecular flexibility index (Phi) is 5.19. The van der Waals surface area contributed by atoms with Crippen molar-refractivity contribution in [3.05, 3.63) is 0 Å². The first-order valence-electron chi connectivity index (χ1n) is 7.37. The smallest absolute Gasteiger partial charge is 0.0350 e. The van der Waals surface area contributed by atoms with Crippen molar-refractivity contribution in [3.8, 4) is 0 Å². The van der Waals surface area contributed by atoms with Crippen LogP contribution < -0.4 is 5.73 Å².